The van der Waals surface area contributed by atoms with Crippen molar-refractivity contribution in [3.63, 3.8) is 0 Å². The first-order valence-corrected chi connectivity index (χ1v) is 11.6. The molecule has 1 heterocycles. The van der Waals surface area contributed by atoms with Crippen molar-refractivity contribution < 1.29 is 13.9 Å². The maximum Gasteiger partial charge on any atom is 0.341 e. The minimum absolute atomic E-state index is 0.0151. The van der Waals surface area contributed by atoms with E-state index >= 15 is 0 Å². The van der Waals surface area contributed by atoms with Crippen molar-refractivity contribution in [1.82, 2.24) is 20.4 Å². The minimum Gasteiger partial charge on any atom is -0.460 e. The van der Waals surface area contributed by atoms with Gasteiger partial charge in [0.25, 0.3) is 0 Å². The number of hydrogen-bond donors (Lipinski definition) is 2. The van der Waals surface area contributed by atoms with Crippen molar-refractivity contribution in [1.29, 1.82) is 0 Å². The second-order valence-electron chi connectivity index (χ2n) is 7.94. The average molecular weight is 467 g/mol. The van der Waals surface area contributed by atoms with Gasteiger partial charge in [-0.25, -0.2) is 13.9 Å². The lowest BCUT2D eigenvalue weighted by Crippen LogP contribution is -2.38. The van der Waals surface area contributed by atoms with E-state index in [1.165, 1.54) is 6.07 Å². The number of nitrogens with one attached hydrogen (secondary N) is 2. The molecule has 1 atom stereocenters. The Morgan fingerprint density at radius 3 is 2.85 bits per heavy atom. The fourth-order valence-corrected chi connectivity index (χ4v) is 4.41. The van der Waals surface area contributed by atoms with E-state index in [0.717, 1.165) is 41.8 Å². The van der Waals surface area contributed by atoms with Crippen LogP contribution in [0.15, 0.2) is 54.7 Å². The number of thiocarbonyl (C=S) groups is 1. The zero-order valence-corrected chi connectivity index (χ0v) is 19.3. The average Bonchev–Trinajstić information content (AvgIpc) is 3.43. The first-order valence-electron chi connectivity index (χ1n) is 11.2. The molecule has 2 aromatic carbocycles. The van der Waals surface area contributed by atoms with E-state index in [1.807, 2.05) is 36.4 Å². The number of carbonyl (C=O) groups excluding carboxylic acids is 1. The van der Waals surface area contributed by atoms with Gasteiger partial charge < -0.3 is 15.4 Å². The van der Waals surface area contributed by atoms with E-state index in [0.29, 0.717) is 23.6 Å². The SMILES string of the molecule is CCCc1c(C(=O)OCCNC(=S)NC2CCc3c(F)cccc32)cnn1-c1ccccc1. The fourth-order valence-electron chi connectivity index (χ4n) is 4.17. The van der Waals surface area contributed by atoms with Gasteiger partial charge in [-0.1, -0.05) is 43.7 Å². The summed E-state index contributed by atoms with van der Waals surface area (Å²) in [5, 5.41) is 11.2. The second kappa shape index (κ2) is 10.6. The number of aromatic nitrogens is 2. The molecule has 172 valence electrons. The molecule has 0 amide bonds. The molecule has 0 saturated heterocycles. The molecule has 1 aliphatic rings. The summed E-state index contributed by atoms with van der Waals surface area (Å²) in [6.45, 7) is 2.60. The van der Waals surface area contributed by atoms with Crippen LogP contribution in [0.2, 0.25) is 0 Å². The van der Waals surface area contributed by atoms with Crippen LogP contribution < -0.4 is 10.6 Å². The van der Waals surface area contributed by atoms with Gasteiger partial charge in [-0.3, -0.25) is 0 Å². The number of halogens is 1. The molecular formula is C25H27FN4O2S. The number of para-hydroxylation sites is 1. The highest BCUT2D eigenvalue weighted by atomic mass is 32.1. The third-order valence-corrected chi connectivity index (χ3v) is 5.98. The Balaban J connectivity index is 1.28. The van der Waals surface area contributed by atoms with Crippen LogP contribution in [0.1, 0.15) is 53.0 Å². The number of fused-ring (bicyclic) bond motifs is 1. The lowest BCUT2D eigenvalue weighted by molar-refractivity contribution is 0.0511. The molecule has 1 aliphatic carbocycles. The number of rotatable bonds is 8. The quantitative estimate of drug-likeness (QED) is 0.294. The molecule has 0 radical (unpaired) electrons. The van der Waals surface area contributed by atoms with Gasteiger partial charge in [0.15, 0.2) is 5.11 Å². The van der Waals surface area contributed by atoms with Gasteiger partial charge in [0, 0.05) is 0 Å². The lowest BCUT2D eigenvalue weighted by atomic mass is 10.1. The number of esters is 1. The first kappa shape index (κ1) is 22.9. The standard InChI is InChI=1S/C25H27FN4O2S/c1-2-7-23-20(16-28-30(23)17-8-4-3-5-9-17)24(31)32-15-14-27-25(33)29-22-13-12-18-19(22)10-6-11-21(18)26/h3-6,8-11,16,22H,2,7,12-15H2,1H3,(H2,27,29,33). The lowest BCUT2D eigenvalue weighted by Gasteiger charge is -2.17. The highest BCUT2D eigenvalue weighted by molar-refractivity contribution is 7.80. The molecule has 1 aromatic heterocycles. The maximum atomic E-state index is 13.9. The maximum absolute atomic E-state index is 13.9. The Morgan fingerprint density at radius 1 is 1.24 bits per heavy atom. The van der Waals surface area contributed by atoms with Crippen LogP contribution >= 0.6 is 12.2 Å². The number of ether oxygens (including phenoxy) is 1. The molecule has 4 rings (SSSR count). The van der Waals surface area contributed by atoms with Crippen molar-refractivity contribution in [2.24, 2.45) is 0 Å². The van der Waals surface area contributed by atoms with E-state index in [4.69, 9.17) is 17.0 Å². The van der Waals surface area contributed by atoms with Crippen LogP contribution in [0.3, 0.4) is 0 Å². The molecule has 0 saturated carbocycles. The Labute approximate surface area is 198 Å². The Kier molecular flexibility index (Phi) is 7.34. The van der Waals surface area contributed by atoms with Gasteiger partial charge in [-0.15, -0.1) is 0 Å². The van der Waals surface area contributed by atoms with E-state index in [-0.39, 0.29) is 18.5 Å². The zero-order chi connectivity index (χ0) is 23.2. The molecule has 0 bridgehead atoms. The molecule has 0 aliphatic heterocycles. The Hall–Kier alpha value is -3.26. The summed E-state index contributed by atoms with van der Waals surface area (Å²) in [5.41, 5.74) is 3.93. The number of nitrogens with zero attached hydrogens (tertiary/aromatic N) is 2. The van der Waals surface area contributed by atoms with Gasteiger partial charge in [-0.2, -0.15) is 5.10 Å². The Bertz CT molecular complexity index is 1130. The van der Waals surface area contributed by atoms with E-state index in [9.17, 15) is 9.18 Å². The number of benzene rings is 2. The molecule has 33 heavy (non-hydrogen) atoms. The predicted molar refractivity (Wildman–Crippen MR) is 129 cm³/mol. The summed E-state index contributed by atoms with van der Waals surface area (Å²) < 4.78 is 21.2. The van der Waals surface area contributed by atoms with Crippen LogP contribution in [0.5, 0.6) is 0 Å². The van der Waals surface area contributed by atoms with Crippen molar-refractivity contribution in [3.8, 4) is 5.69 Å². The topological polar surface area (TPSA) is 68.2 Å². The number of hydrogen-bond acceptors (Lipinski definition) is 4. The van der Waals surface area contributed by atoms with Crippen LogP contribution in [0.25, 0.3) is 5.69 Å². The van der Waals surface area contributed by atoms with Gasteiger partial charge in [0.2, 0.25) is 0 Å². The summed E-state index contributed by atoms with van der Waals surface area (Å²) in [4.78, 5) is 12.7. The molecule has 1 unspecified atom stereocenters. The minimum atomic E-state index is -0.401. The van der Waals surface area contributed by atoms with Crippen molar-refractivity contribution in [2.75, 3.05) is 13.2 Å². The molecule has 8 heteroatoms. The third kappa shape index (κ3) is 5.22. The van der Waals surface area contributed by atoms with E-state index in [1.54, 1.807) is 16.9 Å². The van der Waals surface area contributed by atoms with E-state index in [2.05, 4.69) is 22.7 Å². The fraction of sp³-hybridized carbons (Fsp3) is 0.320. The van der Waals surface area contributed by atoms with Crippen LogP contribution in [-0.4, -0.2) is 34.0 Å². The predicted octanol–water partition coefficient (Wildman–Crippen LogP) is 4.27. The molecule has 2 N–H and O–H groups in total. The van der Waals surface area contributed by atoms with Gasteiger partial charge in [0.05, 0.1) is 30.2 Å². The smallest absolute Gasteiger partial charge is 0.341 e. The largest absolute Gasteiger partial charge is 0.460 e. The Morgan fingerprint density at radius 2 is 2.06 bits per heavy atom. The van der Waals surface area contributed by atoms with Gasteiger partial charge in [0.1, 0.15) is 18.0 Å². The van der Waals surface area contributed by atoms with Crippen molar-refractivity contribution in [3.05, 3.63) is 82.9 Å². The van der Waals surface area contributed by atoms with E-state index < -0.39 is 5.97 Å². The monoisotopic (exact) mass is 466 g/mol. The highest BCUT2D eigenvalue weighted by Crippen LogP contribution is 2.32. The van der Waals surface area contributed by atoms with Crippen LogP contribution in [0.4, 0.5) is 4.39 Å². The van der Waals surface area contributed by atoms with Crippen LogP contribution in [-0.2, 0) is 17.6 Å². The summed E-state index contributed by atoms with van der Waals surface area (Å²) in [6.07, 6.45) is 4.65. The molecule has 3 aromatic rings. The van der Waals surface area contributed by atoms with Crippen molar-refractivity contribution >= 4 is 23.3 Å². The third-order valence-electron chi connectivity index (χ3n) is 5.72. The molecule has 0 spiro atoms. The van der Waals surface area contributed by atoms with Gasteiger partial charge in [-0.05, 0) is 60.8 Å². The molecule has 6 nitrogen and oxygen atoms in total. The van der Waals surface area contributed by atoms with Gasteiger partial charge >= 0.3 is 5.97 Å². The zero-order valence-electron chi connectivity index (χ0n) is 18.5. The second-order valence-corrected chi connectivity index (χ2v) is 8.35. The first-order chi connectivity index (χ1) is 16.1. The highest BCUT2D eigenvalue weighted by Gasteiger charge is 2.25. The summed E-state index contributed by atoms with van der Waals surface area (Å²) in [6, 6.07) is 14.8. The molecular weight excluding hydrogens is 439 g/mol. The molecule has 0 fully saturated rings. The van der Waals surface area contributed by atoms with Crippen molar-refractivity contribution in [2.45, 2.75) is 38.6 Å². The normalized spacial score (nSPS) is 14.5. The summed E-state index contributed by atoms with van der Waals surface area (Å²) >= 11 is 5.37. The van der Waals surface area contributed by atoms with Crippen LogP contribution in [0, 0.1) is 5.82 Å². The number of carbonyl (C=O) groups is 1. The summed E-state index contributed by atoms with van der Waals surface area (Å²) in [7, 11) is 0. The summed E-state index contributed by atoms with van der Waals surface area (Å²) in [5.74, 6) is -0.567.